The topological polar surface area (TPSA) is 29.5 Å². The van der Waals surface area contributed by atoms with E-state index < -0.39 is 8.32 Å². The number of aliphatic hydroxyl groups is 1. The highest BCUT2D eigenvalue weighted by Crippen LogP contribution is 2.36. The molecule has 2 nitrogen and oxygen atoms in total. The Bertz CT molecular complexity index is 377. The number of aliphatic hydroxyl groups excluding tert-OH is 1. The first kappa shape index (κ1) is 16.4. The van der Waals surface area contributed by atoms with E-state index in [2.05, 4.69) is 58.1 Å². The van der Waals surface area contributed by atoms with Crippen molar-refractivity contribution < 1.29 is 9.53 Å². The van der Waals surface area contributed by atoms with E-state index in [-0.39, 0.29) is 11.6 Å². The highest BCUT2D eigenvalue weighted by molar-refractivity contribution is 6.74. The fourth-order valence-corrected chi connectivity index (χ4v) is 2.69. The van der Waals surface area contributed by atoms with Crippen LogP contribution in [0.5, 0.6) is 0 Å². The van der Waals surface area contributed by atoms with Crippen molar-refractivity contribution in [3.63, 3.8) is 0 Å². The number of rotatable bonds is 6. The van der Waals surface area contributed by atoms with Gasteiger partial charge in [-0.25, -0.2) is 0 Å². The molecule has 0 aliphatic rings. The maximum Gasteiger partial charge on any atom is 0.191 e. The molecule has 0 fully saturated rings. The highest BCUT2D eigenvalue weighted by Gasteiger charge is 2.36. The lowest BCUT2D eigenvalue weighted by atomic mass is 10.1. The molecule has 0 bridgehead atoms. The Kier molecular flexibility index (Phi) is 5.77. The first-order valence-electron chi connectivity index (χ1n) is 7.09. The van der Waals surface area contributed by atoms with Crippen LogP contribution in [0.25, 0.3) is 0 Å². The summed E-state index contributed by atoms with van der Waals surface area (Å²) in [7, 11) is -1.62. The van der Waals surface area contributed by atoms with Crippen LogP contribution < -0.4 is 0 Å². The summed E-state index contributed by atoms with van der Waals surface area (Å²) in [6.07, 6.45) is 1.70. The summed E-state index contributed by atoms with van der Waals surface area (Å²) >= 11 is 0. The van der Waals surface area contributed by atoms with E-state index in [0.29, 0.717) is 0 Å². The van der Waals surface area contributed by atoms with Crippen LogP contribution in [-0.2, 0) is 17.3 Å². The van der Waals surface area contributed by atoms with Crippen LogP contribution in [0.15, 0.2) is 24.3 Å². The summed E-state index contributed by atoms with van der Waals surface area (Å²) < 4.78 is 6.17. The first-order valence-corrected chi connectivity index (χ1v) is 10.00. The Morgan fingerprint density at radius 1 is 1.00 bits per heavy atom. The monoisotopic (exact) mass is 280 g/mol. The van der Waals surface area contributed by atoms with Crippen molar-refractivity contribution in [3.8, 4) is 0 Å². The Morgan fingerprint density at radius 2 is 1.47 bits per heavy atom. The second-order valence-corrected chi connectivity index (χ2v) is 11.5. The molecule has 0 atom stereocenters. The molecule has 1 rings (SSSR count). The highest BCUT2D eigenvalue weighted by atomic mass is 28.4. The third kappa shape index (κ3) is 5.09. The molecule has 0 aromatic heterocycles. The lowest BCUT2D eigenvalue weighted by Crippen LogP contribution is -2.41. The van der Waals surface area contributed by atoms with Gasteiger partial charge in [0, 0.05) is 13.2 Å². The van der Waals surface area contributed by atoms with Gasteiger partial charge in [-0.1, -0.05) is 45.0 Å². The molecule has 0 unspecified atom stereocenters. The van der Waals surface area contributed by atoms with E-state index in [1.807, 2.05) is 0 Å². The van der Waals surface area contributed by atoms with Gasteiger partial charge in [-0.05, 0) is 42.1 Å². The molecule has 1 N–H and O–H groups in total. The fraction of sp³-hybridized carbons (Fsp3) is 0.625. The Balaban J connectivity index is 2.45. The Morgan fingerprint density at radius 3 is 1.89 bits per heavy atom. The van der Waals surface area contributed by atoms with Gasteiger partial charge in [0.15, 0.2) is 8.32 Å². The van der Waals surface area contributed by atoms with E-state index in [1.54, 1.807) is 0 Å². The van der Waals surface area contributed by atoms with E-state index in [1.165, 1.54) is 11.1 Å². The summed E-state index contributed by atoms with van der Waals surface area (Å²) in [5, 5.41) is 9.16. The molecule has 0 spiro atoms. The van der Waals surface area contributed by atoms with Crippen LogP contribution in [0.4, 0.5) is 0 Å². The maximum atomic E-state index is 8.88. The standard InChI is InChI=1S/C16H28O2Si/c1-16(2,3)19(4,5)18-13-11-15-8-6-14(7-9-15)10-12-17/h6-9,17H,10-13H2,1-5H3. The Hall–Kier alpha value is -0.643. The maximum absolute atomic E-state index is 8.88. The lowest BCUT2D eigenvalue weighted by Gasteiger charge is -2.36. The van der Waals surface area contributed by atoms with Crippen molar-refractivity contribution in [2.24, 2.45) is 0 Å². The molecule has 1 aromatic rings. The zero-order chi connectivity index (χ0) is 14.5. The minimum atomic E-state index is -1.62. The molecule has 0 amide bonds. The van der Waals surface area contributed by atoms with Gasteiger partial charge in [0.1, 0.15) is 0 Å². The van der Waals surface area contributed by atoms with Gasteiger partial charge < -0.3 is 9.53 Å². The zero-order valence-corrected chi connectivity index (χ0v) is 14.0. The lowest BCUT2D eigenvalue weighted by molar-refractivity contribution is 0.292. The smallest absolute Gasteiger partial charge is 0.191 e. The fourth-order valence-electron chi connectivity index (χ4n) is 1.64. The minimum Gasteiger partial charge on any atom is -0.416 e. The Labute approximate surface area is 118 Å². The van der Waals surface area contributed by atoms with Crippen molar-refractivity contribution >= 4 is 8.32 Å². The molecule has 0 aliphatic heterocycles. The minimum absolute atomic E-state index is 0.216. The molecule has 0 saturated carbocycles. The van der Waals surface area contributed by atoms with Gasteiger partial charge in [-0.3, -0.25) is 0 Å². The van der Waals surface area contributed by atoms with Crippen LogP contribution in [-0.4, -0.2) is 26.6 Å². The van der Waals surface area contributed by atoms with Crippen LogP contribution in [0.2, 0.25) is 18.1 Å². The van der Waals surface area contributed by atoms with Crippen LogP contribution in [0.1, 0.15) is 31.9 Å². The van der Waals surface area contributed by atoms with Gasteiger partial charge >= 0.3 is 0 Å². The van der Waals surface area contributed by atoms with Gasteiger partial charge in [-0.2, -0.15) is 0 Å². The largest absolute Gasteiger partial charge is 0.416 e. The quantitative estimate of drug-likeness (QED) is 0.803. The average molecular weight is 280 g/mol. The van der Waals surface area contributed by atoms with Gasteiger partial charge in [0.05, 0.1) is 0 Å². The van der Waals surface area contributed by atoms with E-state index in [4.69, 9.17) is 9.53 Å². The van der Waals surface area contributed by atoms with Crippen molar-refractivity contribution in [2.45, 2.75) is 51.7 Å². The summed E-state index contributed by atoms with van der Waals surface area (Å²) in [6, 6.07) is 8.47. The molecule has 0 aliphatic carbocycles. The van der Waals surface area contributed by atoms with E-state index in [0.717, 1.165) is 19.4 Å². The average Bonchev–Trinajstić information content (AvgIpc) is 2.30. The van der Waals surface area contributed by atoms with Gasteiger partial charge in [0.25, 0.3) is 0 Å². The molecular formula is C16H28O2Si. The van der Waals surface area contributed by atoms with Crippen LogP contribution >= 0.6 is 0 Å². The summed E-state index contributed by atoms with van der Waals surface area (Å²) in [4.78, 5) is 0. The van der Waals surface area contributed by atoms with Gasteiger partial charge in [-0.15, -0.1) is 0 Å². The molecule has 3 heteroatoms. The summed E-state index contributed by atoms with van der Waals surface area (Å²) in [6.45, 7) is 12.4. The first-order chi connectivity index (χ1) is 8.76. The SMILES string of the molecule is CC(C)(C)[Si](C)(C)OCCc1ccc(CCO)cc1. The molecule has 108 valence electrons. The number of hydrogen-bond acceptors (Lipinski definition) is 2. The second-order valence-electron chi connectivity index (χ2n) is 6.65. The van der Waals surface area contributed by atoms with Crippen molar-refractivity contribution in [1.82, 2.24) is 0 Å². The number of benzene rings is 1. The third-order valence-corrected chi connectivity index (χ3v) is 8.62. The summed E-state index contributed by atoms with van der Waals surface area (Å²) in [5.74, 6) is 0. The molecule has 0 radical (unpaired) electrons. The second kappa shape index (κ2) is 6.68. The molecule has 0 heterocycles. The molecule has 19 heavy (non-hydrogen) atoms. The van der Waals surface area contributed by atoms with Crippen molar-refractivity contribution in [2.75, 3.05) is 13.2 Å². The van der Waals surface area contributed by atoms with Gasteiger partial charge in [0.2, 0.25) is 0 Å². The summed E-state index contributed by atoms with van der Waals surface area (Å²) in [5.41, 5.74) is 2.50. The van der Waals surface area contributed by atoms with E-state index >= 15 is 0 Å². The predicted molar refractivity (Wildman–Crippen MR) is 84.1 cm³/mol. The predicted octanol–water partition coefficient (Wildman–Crippen LogP) is 3.79. The molecule has 0 saturated heterocycles. The number of hydrogen-bond donors (Lipinski definition) is 1. The normalized spacial score (nSPS) is 12.7. The zero-order valence-electron chi connectivity index (χ0n) is 13.0. The molecular weight excluding hydrogens is 252 g/mol. The van der Waals surface area contributed by atoms with Crippen molar-refractivity contribution in [1.29, 1.82) is 0 Å². The third-order valence-electron chi connectivity index (χ3n) is 4.08. The van der Waals surface area contributed by atoms with Crippen LogP contribution in [0.3, 0.4) is 0 Å². The van der Waals surface area contributed by atoms with E-state index in [9.17, 15) is 0 Å². The van der Waals surface area contributed by atoms with Crippen LogP contribution in [0, 0.1) is 0 Å². The molecule has 1 aromatic carbocycles. The van der Waals surface area contributed by atoms with Crippen molar-refractivity contribution in [3.05, 3.63) is 35.4 Å².